The fraction of sp³-hybridized carbons (Fsp3) is 0.391. The molecule has 0 bridgehead atoms. The third kappa shape index (κ3) is 6.71. The quantitative estimate of drug-likeness (QED) is 0.598. The molecule has 0 aromatic heterocycles. The third-order valence-electron chi connectivity index (χ3n) is 5.10. The molecule has 2 aromatic rings. The van der Waals surface area contributed by atoms with Crippen LogP contribution in [0.1, 0.15) is 30.5 Å². The highest BCUT2D eigenvalue weighted by atomic mass is 35.5. The van der Waals surface area contributed by atoms with E-state index >= 15 is 0 Å². The first-order valence-electron chi connectivity index (χ1n) is 10.3. The molecule has 0 radical (unpaired) electrons. The number of carbonyl (C=O) groups excluding carboxylic acids is 2. The predicted molar refractivity (Wildman–Crippen MR) is 128 cm³/mol. The van der Waals surface area contributed by atoms with Gasteiger partial charge in [0.15, 0.2) is 0 Å². The summed E-state index contributed by atoms with van der Waals surface area (Å²) in [7, 11) is -3.75. The van der Waals surface area contributed by atoms with Crippen molar-refractivity contribution in [2.75, 3.05) is 23.7 Å². The smallest absolute Gasteiger partial charge is 0.244 e. The second kappa shape index (κ2) is 10.8. The summed E-state index contributed by atoms with van der Waals surface area (Å²) in [5.74, 6) is -0.794. The van der Waals surface area contributed by atoms with E-state index in [4.69, 9.17) is 11.6 Å². The maximum absolute atomic E-state index is 13.4. The summed E-state index contributed by atoms with van der Waals surface area (Å²) in [6.45, 7) is 7.21. The number of hydrogen-bond acceptors (Lipinski definition) is 4. The van der Waals surface area contributed by atoms with E-state index in [0.717, 1.165) is 27.3 Å². The van der Waals surface area contributed by atoms with E-state index in [0.29, 0.717) is 17.3 Å². The summed E-state index contributed by atoms with van der Waals surface area (Å²) in [5, 5.41) is 3.28. The van der Waals surface area contributed by atoms with Crippen LogP contribution in [0.3, 0.4) is 0 Å². The van der Waals surface area contributed by atoms with Crippen LogP contribution in [-0.4, -0.2) is 50.5 Å². The molecule has 2 aromatic carbocycles. The number of amides is 2. The molecule has 0 fully saturated rings. The minimum absolute atomic E-state index is 0.138. The van der Waals surface area contributed by atoms with E-state index in [2.05, 4.69) is 5.32 Å². The van der Waals surface area contributed by atoms with E-state index in [1.807, 2.05) is 19.1 Å². The zero-order valence-electron chi connectivity index (χ0n) is 19.1. The Morgan fingerprint density at radius 3 is 2.28 bits per heavy atom. The van der Waals surface area contributed by atoms with Gasteiger partial charge in [0, 0.05) is 18.1 Å². The van der Waals surface area contributed by atoms with Gasteiger partial charge in [-0.3, -0.25) is 13.9 Å². The van der Waals surface area contributed by atoms with Gasteiger partial charge in [-0.2, -0.15) is 0 Å². The summed E-state index contributed by atoms with van der Waals surface area (Å²) >= 11 is 5.96. The first kappa shape index (κ1) is 25.7. The number of benzene rings is 2. The topological polar surface area (TPSA) is 86.8 Å². The normalized spacial score (nSPS) is 12.2. The van der Waals surface area contributed by atoms with Crippen LogP contribution in [0, 0.1) is 13.8 Å². The molecule has 7 nitrogen and oxygen atoms in total. The molecule has 0 saturated heterocycles. The Kier molecular flexibility index (Phi) is 8.69. The summed E-state index contributed by atoms with van der Waals surface area (Å²) in [6.07, 6.45) is 1.07. The van der Waals surface area contributed by atoms with Crippen LogP contribution >= 0.6 is 11.6 Å². The van der Waals surface area contributed by atoms with Crippen molar-refractivity contribution < 1.29 is 18.0 Å². The van der Waals surface area contributed by atoms with Crippen LogP contribution in [-0.2, 0) is 26.2 Å². The zero-order valence-corrected chi connectivity index (χ0v) is 20.6. The number of nitrogens with zero attached hydrogens (tertiary/aromatic N) is 2. The van der Waals surface area contributed by atoms with Crippen molar-refractivity contribution in [3.63, 3.8) is 0 Å². The van der Waals surface area contributed by atoms with Crippen molar-refractivity contribution >= 4 is 39.1 Å². The Morgan fingerprint density at radius 2 is 1.72 bits per heavy atom. The Labute approximate surface area is 195 Å². The van der Waals surface area contributed by atoms with Gasteiger partial charge >= 0.3 is 0 Å². The number of sulfonamides is 1. The van der Waals surface area contributed by atoms with Crippen LogP contribution in [0.25, 0.3) is 0 Å². The Balaban J connectivity index is 2.42. The fourth-order valence-electron chi connectivity index (χ4n) is 3.27. The van der Waals surface area contributed by atoms with E-state index in [1.165, 1.54) is 4.90 Å². The largest absolute Gasteiger partial charge is 0.355 e. The van der Waals surface area contributed by atoms with E-state index in [-0.39, 0.29) is 12.5 Å². The molecular weight excluding hydrogens is 450 g/mol. The van der Waals surface area contributed by atoms with E-state index in [9.17, 15) is 18.0 Å². The average Bonchev–Trinajstić information content (AvgIpc) is 2.72. The molecule has 9 heteroatoms. The fourth-order valence-corrected chi connectivity index (χ4v) is 4.30. The average molecular weight is 480 g/mol. The van der Waals surface area contributed by atoms with Gasteiger partial charge in [0.1, 0.15) is 12.6 Å². The number of hydrogen-bond donors (Lipinski definition) is 1. The van der Waals surface area contributed by atoms with Crippen molar-refractivity contribution in [1.82, 2.24) is 10.2 Å². The standard InChI is InChI=1S/C23H30ClN3O4S/c1-6-25-23(29)18(4)26(14-19-9-11-20(24)12-10-19)22(28)15-27(32(5,30)31)21-13-16(2)7-8-17(21)3/h7-13,18H,6,14-15H2,1-5H3,(H,25,29)/t18-/m1/s1. The first-order valence-corrected chi connectivity index (χ1v) is 12.5. The van der Waals surface area contributed by atoms with Gasteiger partial charge in [-0.05, 0) is 62.6 Å². The lowest BCUT2D eigenvalue weighted by atomic mass is 10.1. The Morgan fingerprint density at radius 1 is 1.09 bits per heavy atom. The third-order valence-corrected chi connectivity index (χ3v) is 6.48. The number of aryl methyl sites for hydroxylation is 2. The summed E-state index contributed by atoms with van der Waals surface area (Å²) < 4.78 is 26.3. The van der Waals surface area contributed by atoms with Crippen LogP contribution in [0.4, 0.5) is 5.69 Å². The van der Waals surface area contributed by atoms with Crippen molar-refractivity contribution in [2.45, 2.75) is 40.3 Å². The Bertz CT molecular complexity index is 1070. The molecule has 0 heterocycles. The maximum Gasteiger partial charge on any atom is 0.244 e. The lowest BCUT2D eigenvalue weighted by Gasteiger charge is -2.32. The lowest BCUT2D eigenvalue weighted by Crippen LogP contribution is -2.51. The molecule has 32 heavy (non-hydrogen) atoms. The molecule has 0 aliphatic rings. The molecule has 2 amide bonds. The molecule has 1 N–H and O–H groups in total. The van der Waals surface area contributed by atoms with E-state index < -0.39 is 28.5 Å². The minimum atomic E-state index is -3.75. The molecular formula is C23H30ClN3O4S. The molecule has 0 aliphatic carbocycles. The molecule has 0 saturated carbocycles. The van der Waals surface area contributed by atoms with Gasteiger partial charge in [0.05, 0.1) is 11.9 Å². The molecule has 2 rings (SSSR count). The van der Waals surface area contributed by atoms with Crippen molar-refractivity contribution in [3.05, 3.63) is 64.2 Å². The highest BCUT2D eigenvalue weighted by Gasteiger charge is 2.30. The van der Waals surface area contributed by atoms with E-state index in [1.54, 1.807) is 51.1 Å². The van der Waals surface area contributed by atoms with Gasteiger partial charge in [0.25, 0.3) is 0 Å². The van der Waals surface area contributed by atoms with Crippen LogP contribution in [0.5, 0.6) is 0 Å². The summed E-state index contributed by atoms with van der Waals surface area (Å²) in [4.78, 5) is 27.3. The monoisotopic (exact) mass is 479 g/mol. The van der Waals surface area contributed by atoms with Crippen molar-refractivity contribution in [3.8, 4) is 0 Å². The van der Waals surface area contributed by atoms with Crippen LogP contribution in [0.15, 0.2) is 42.5 Å². The Hall–Kier alpha value is -2.58. The zero-order chi connectivity index (χ0) is 24.1. The predicted octanol–water partition coefficient (Wildman–Crippen LogP) is 3.28. The second-order valence-corrected chi connectivity index (χ2v) is 10.1. The second-order valence-electron chi connectivity index (χ2n) is 7.78. The molecule has 0 aliphatic heterocycles. The summed E-state index contributed by atoms with van der Waals surface area (Å²) in [6, 6.07) is 11.6. The number of likely N-dealkylation sites (N-methyl/N-ethyl adjacent to an activating group) is 1. The maximum atomic E-state index is 13.4. The molecule has 174 valence electrons. The van der Waals surface area contributed by atoms with Gasteiger partial charge in [-0.25, -0.2) is 8.42 Å². The van der Waals surface area contributed by atoms with Gasteiger partial charge in [-0.15, -0.1) is 0 Å². The SMILES string of the molecule is CCNC(=O)[C@@H](C)N(Cc1ccc(Cl)cc1)C(=O)CN(c1cc(C)ccc1C)S(C)(=O)=O. The number of rotatable bonds is 9. The number of nitrogens with one attached hydrogen (secondary N) is 1. The van der Waals surface area contributed by atoms with Crippen LogP contribution < -0.4 is 9.62 Å². The number of carbonyl (C=O) groups is 2. The molecule has 1 atom stereocenters. The summed E-state index contributed by atoms with van der Waals surface area (Å²) in [5.41, 5.74) is 2.82. The highest BCUT2D eigenvalue weighted by Crippen LogP contribution is 2.24. The van der Waals surface area contributed by atoms with Crippen molar-refractivity contribution in [2.24, 2.45) is 0 Å². The first-order chi connectivity index (χ1) is 14.9. The number of anilines is 1. The number of halogens is 1. The van der Waals surface area contributed by atoms with Crippen molar-refractivity contribution in [1.29, 1.82) is 0 Å². The minimum Gasteiger partial charge on any atom is -0.355 e. The van der Waals surface area contributed by atoms with Crippen LogP contribution in [0.2, 0.25) is 5.02 Å². The highest BCUT2D eigenvalue weighted by molar-refractivity contribution is 7.92. The van der Waals surface area contributed by atoms with Gasteiger partial charge < -0.3 is 10.2 Å². The molecule has 0 unspecified atom stereocenters. The van der Waals surface area contributed by atoms with Gasteiger partial charge in [-0.1, -0.05) is 35.9 Å². The molecule has 0 spiro atoms. The van der Waals surface area contributed by atoms with Gasteiger partial charge in [0.2, 0.25) is 21.8 Å². The lowest BCUT2D eigenvalue weighted by molar-refractivity contribution is -0.139.